The zero-order valence-corrected chi connectivity index (χ0v) is 21.5. The number of nitrogens with zero attached hydrogens (tertiary/aromatic N) is 6. The fourth-order valence-corrected chi connectivity index (χ4v) is 4.97. The zero-order chi connectivity index (χ0) is 24.0. The van der Waals surface area contributed by atoms with E-state index < -0.39 is 0 Å². The Labute approximate surface area is 208 Å². The second-order valence-electron chi connectivity index (χ2n) is 8.20. The van der Waals surface area contributed by atoms with Crippen molar-refractivity contribution in [3.63, 3.8) is 0 Å². The molecule has 0 saturated carbocycles. The molecule has 1 amide bonds. The molecule has 3 aromatic heterocycles. The van der Waals surface area contributed by atoms with Crippen LogP contribution in [0.5, 0.6) is 0 Å². The lowest BCUT2D eigenvalue weighted by molar-refractivity contribution is -0.120. The van der Waals surface area contributed by atoms with Crippen molar-refractivity contribution in [1.82, 2.24) is 30.2 Å². The first-order valence-electron chi connectivity index (χ1n) is 10.9. The number of allylic oxidation sites excluding steroid dienone is 1. The fraction of sp³-hybridized carbons (Fsp3) is 0.280. The molecular weight excluding hydrogens is 541 g/mol. The monoisotopic (exact) mass is 567 g/mol. The number of pyridine rings is 1. The molecule has 4 rings (SSSR count). The van der Waals surface area contributed by atoms with Crippen molar-refractivity contribution in [2.45, 2.75) is 38.5 Å². The molecule has 8 nitrogen and oxygen atoms in total. The van der Waals surface area contributed by atoms with E-state index in [2.05, 4.69) is 51.1 Å². The van der Waals surface area contributed by atoms with Gasteiger partial charge in [0.1, 0.15) is 12.1 Å². The Morgan fingerprint density at radius 1 is 1.21 bits per heavy atom. The number of alkyl halides is 1. The maximum absolute atomic E-state index is 12.7. The number of carbonyl (C=O) groups excluding carboxylic acids is 1. The topological polar surface area (TPSA) is 106 Å². The van der Waals surface area contributed by atoms with E-state index in [1.54, 1.807) is 31.1 Å². The van der Waals surface area contributed by atoms with Crippen LogP contribution in [0.25, 0.3) is 11.3 Å². The number of aliphatic imine (C=N–C) groups is 1. The third-order valence-corrected chi connectivity index (χ3v) is 6.81. The molecule has 0 radical (unpaired) electrons. The van der Waals surface area contributed by atoms with E-state index in [4.69, 9.17) is 0 Å². The molecule has 0 aliphatic carbocycles. The number of hydrogen-bond acceptors (Lipinski definition) is 7. The van der Waals surface area contributed by atoms with Crippen molar-refractivity contribution in [3.8, 4) is 11.3 Å². The molecule has 0 spiro atoms. The predicted molar refractivity (Wildman–Crippen MR) is 142 cm³/mol. The van der Waals surface area contributed by atoms with Crippen LogP contribution in [0.4, 0.5) is 0 Å². The van der Waals surface area contributed by atoms with Crippen LogP contribution in [-0.2, 0) is 16.6 Å². The summed E-state index contributed by atoms with van der Waals surface area (Å²) < 4.78 is 2.22. The highest BCUT2D eigenvalue weighted by Gasteiger charge is 2.28. The van der Waals surface area contributed by atoms with Crippen molar-refractivity contribution in [2.24, 2.45) is 4.99 Å². The number of nitrogens with one attached hydrogen (secondary N) is 1. The van der Waals surface area contributed by atoms with Gasteiger partial charge < -0.3 is 5.32 Å². The van der Waals surface area contributed by atoms with E-state index in [9.17, 15) is 4.79 Å². The van der Waals surface area contributed by atoms with Gasteiger partial charge in [0.25, 0.3) is 0 Å². The standard InChI is InChI=1S/C25H26IN7O/c1-17-12-18(7-9-28-17)24-19(13-26-3)20(31-16-32-24)4-5-23(34)33-22-6-8-25(2,15-30-22)21-14-27-10-11-29-21/h6-7,9-16H,4-5,8H2,1-3H3,(H,33,34). The summed E-state index contributed by atoms with van der Waals surface area (Å²) in [6, 6.07) is 3.98. The molecule has 4 heterocycles. The molecule has 1 N–H and O–H groups in total. The third kappa shape index (κ3) is 5.64. The van der Waals surface area contributed by atoms with Crippen LogP contribution in [-0.4, -0.2) is 46.0 Å². The summed E-state index contributed by atoms with van der Waals surface area (Å²) in [6.07, 6.45) is 13.7. The summed E-state index contributed by atoms with van der Waals surface area (Å²) in [7, 11) is 0. The van der Waals surface area contributed by atoms with Gasteiger partial charge >= 0.3 is 0 Å². The average Bonchev–Trinajstić information content (AvgIpc) is 2.85. The normalized spacial score (nSPS) is 17.8. The Bertz CT molecular complexity index is 1270. The van der Waals surface area contributed by atoms with Gasteiger partial charge in [-0.05, 0) is 53.8 Å². The van der Waals surface area contributed by atoms with E-state index in [0.29, 0.717) is 25.1 Å². The van der Waals surface area contributed by atoms with Gasteiger partial charge in [-0.2, -0.15) is 0 Å². The number of amides is 1. The largest absolute Gasteiger partial charge is 0.311 e. The van der Waals surface area contributed by atoms with Crippen molar-refractivity contribution < 1.29 is 4.79 Å². The van der Waals surface area contributed by atoms with E-state index >= 15 is 0 Å². The predicted octanol–water partition coefficient (Wildman–Crippen LogP) is 3.71. The van der Waals surface area contributed by atoms with Crippen LogP contribution in [0.2, 0.25) is 0 Å². The van der Waals surface area contributed by atoms with Crippen LogP contribution >= 0.6 is 20.7 Å². The van der Waals surface area contributed by atoms with Gasteiger partial charge in [-0.1, -0.05) is 0 Å². The first kappa shape index (κ1) is 23.9. The minimum absolute atomic E-state index is 0.0939. The van der Waals surface area contributed by atoms with Gasteiger partial charge in [0.2, 0.25) is 5.91 Å². The maximum Gasteiger partial charge on any atom is 0.225 e. The molecule has 0 aromatic carbocycles. The second-order valence-corrected chi connectivity index (χ2v) is 10.1. The van der Waals surface area contributed by atoms with Crippen LogP contribution in [0.15, 0.2) is 60.1 Å². The molecule has 9 heteroatoms. The highest BCUT2D eigenvalue weighted by molar-refractivity contribution is 14.2. The van der Waals surface area contributed by atoms with E-state index in [0.717, 1.165) is 33.9 Å². The van der Waals surface area contributed by atoms with Gasteiger partial charge in [-0.25, -0.2) is 15.0 Å². The van der Waals surface area contributed by atoms with E-state index in [1.165, 1.54) is 0 Å². The summed E-state index contributed by atoms with van der Waals surface area (Å²) in [6.45, 7) is 4.02. The molecular formula is C25H26IN7O. The third-order valence-electron chi connectivity index (χ3n) is 5.57. The van der Waals surface area contributed by atoms with Crippen LogP contribution in [0.3, 0.4) is 0 Å². The second kappa shape index (κ2) is 10.8. The van der Waals surface area contributed by atoms with Crippen LogP contribution in [0, 0.1) is 6.92 Å². The van der Waals surface area contributed by atoms with Gasteiger partial charge in [0.05, 0.1) is 22.5 Å². The van der Waals surface area contributed by atoms with Crippen molar-refractivity contribution in [2.75, 3.05) is 4.93 Å². The summed E-state index contributed by atoms with van der Waals surface area (Å²) >= 11 is -0.134. The molecule has 174 valence electrons. The molecule has 1 atom stereocenters. The minimum atomic E-state index is -0.334. The highest BCUT2D eigenvalue weighted by atomic mass is 127. The lowest BCUT2D eigenvalue weighted by Crippen LogP contribution is -2.30. The minimum Gasteiger partial charge on any atom is -0.311 e. The summed E-state index contributed by atoms with van der Waals surface area (Å²) in [4.78, 5) is 41.2. The Hall–Kier alpha value is -3.21. The Kier molecular flexibility index (Phi) is 7.61. The fourth-order valence-electron chi connectivity index (χ4n) is 3.69. The number of hydrogen-bond donors (Lipinski definition) is 1. The van der Waals surface area contributed by atoms with Gasteiger partial charge in [-0.15, -0.1) is 20.7 Å². The molecule has 0 fully saturated rings. The summed E-state index contributed by atoms with van der Waals surface area (Å²) in [5, 5.41) is 2.92. The Morgan fingerprint density at radius 2 is 2.09 bits per heavy atom. The molecule has 3 aromatic rings. The Balaban J connectivity index is 1.43. The number of rotatable bonds is 7. The number of aromatic nitrogens is 5. The molecule has 34 heavy (non-hydrogen) atoms. The SMILES string of the molecule is CI=Cc1c(CCC(=O)NC2=CCC(C)(c3cnccn3)C=N2)ncnc1-c1ccnc(C)c1. The lowest BCUT2D eigenvalue weighted by atomic mass is 9.83. The van der Waals surface area contributed by atoms with Gasteiger partial charge in [-0.3, -0.25) is 19.7 Å². The van der Waals surface area contributed by atoms with Gasteiger partial charge in [0.15, 0.2) is 0 Å². The number of halogens is 1. The lowest BCUT2D eigenvalue weighted by Gasteiger charge is -2.25. The highest BCUT2D eigenvalue weighted by Crippen LogP contribution is 2.28. The zero-order valence-electron chi connectivity index (χ0n) is 19.4. The molecule has 1 aliphatic rings. The molecule has 1 unspecified atom stereocenters. The number of carbonyl (C=O) groups is 1. The van der Waals surface area contributed by atoms with Crippen molar-refractivity contribution >= 4 is 36.9 Å². The quantitative estimate of drug-likeness (QED) is 0.345. The van der Waals surface area contributed by atoms with Crippen molar-refractivity contribution in [1.29, 1.82) is 0 Å². The Morgan fingerprint density at radius 3 is 2.79 bits per heavy atom. The molecule has 0 saturated heterocycles. The average molecular weight is 567 g/mol. The summed E-state index contributed by atoms with van der Waals surface area (Å²) in [5.74, 6) is 0.469. The first-order chi connectivity index (χ1) is 16.5. The maximum atomic E-state index is 12.7. The smallest absolute Gasteiger partial charge is 0.225 e. The van der Waals surface area contributed by atoms with E-state index in [1.807, 2.05) is 31.3 Å². The summed E-state index contributed by atoms with van der Waals surface area (Å²) in [5.41, 5.74) is 5.26. The van der Waals surface area contributed by atoms with Crippen LogP contribution in [0.1, 0.15) is 42.4 Å². The number of aryl methyl sites for hydroxylation is 2. The first-order valence-corrected chi connectivity index (χ1v) is 14.3. The molecule has 0 bridgehead atoms. The van der Waals surface area contributed by atoms with Gasteiger partial charge in [0, 0.05) is 54.2 Å². The van der Waals surface area contributed by atoms with Crippen LogP contribution < -0.4 is 5.32 Å². The van der Waals surface area contributed by atoms with Crippen molar-refractivity contribution in [3.05, 3.63) is 77.8 Å². The van der Waals surface area contributed by atoms with E-state index in [-0.39, 0.29) is 32.1 Å². The molecule has 1 aliphatic heterocycles.